The van der Waals surface area contributed by atoms with E-state index in [2.05, 4.69) is 19.9 Å². The lowest BCUT2D eigenvalue weighted by atomic mass is 9.76. The minimum absolute atomic E-state index is 0.289. The first-order valence-electron chi connectivity index (χ1n) is 9.76. The first-order valence-corrected chi connectivity index (χ1v) is 10.1. The molecule has 1 N–H and O–H groups in total. The summed E-state index contributed by atoms with van der Waals surface area (Å²) in [6.45, 7) is 2.17. The van der Waals surface area contributed by atoms with Gasteiger partial charge in [0.25, 0.3) is 0 Å². The van der Waals surface area contributed by atoms with Crippen LogP contribution in [0.3, 0.4) is 0 Å². The van der Waals surface area contributed by atoms with Crippen LogP contribution in [0, 0.1) is 0 Å². The van der Waals surface area contributed by atoms with Crippen molar-refractivity contribution >= 4 is 34.2 Å². The number of rotatable bonds is 2. The van der Waals surface area contributed by atoms with Gasteiger partial charge in [0.05, 0.1) is 28.9 Å². The van der Waals surface area contributed by atoms with Gasteiger partial charge in [0, 0.05) is 5.39 Å². The minimum atomic E-state index is -0.388. The number of para-hydroxylation sites is 1. The quantitative estimate of drug-likeness (QED) is 0.496. The Hall–Kier alpha value is -2.60. The number of esters is 1. The molecule has 3 aromatic rings. The molecule has 0 bridgehead atoms. The molecule has 144 valence electrons. The molecule has 1 aromatic carbocycles. The number of benzene rings is 1. The van der Waals surface area contributed by atoms with Crippen LogP contribution in [0.1, 0.15) is 55.1 Å². The molecule has 1 fully saturated rings. The second-order valence-electron chi connectivity index (χ2n) is 7.43. The third-order valence-corrected chi connectivity index (χ3v) is 6.16. The fraction of sp³-hybridized carbons (Fsp3) is 0.381. The molecule has 0 unspecified atom stereocenters. The van der Waals surface area contributed by atoms with E-state index in [4.69, 9.17) is 16.3 Å². The Labute approximate surface area is 167 Å². The van der Waals surface area contributed by atoms with E-state index < -0.39 is 0 Å². The summed E-state index contributed by atoms with van der Waals surface area (Å²) in [5.41, 5.74) is 2.85. The summed E-state index contributed by atoms with van der Waals surface area (Å²) in [4.78, 5) is 21.8. The number of halogens is 1. The molecule has 3 heterocycles. The summed E-state index contributed by atoms with van der Waals surface area (Å²) < 4.78 is 7.56. The molecule has 0 radical (unpaired) electrons. The topological polar surface area (TPSA) is 69.0 Å². The number of fused-ring (bicyclic) bond motifs is 6. The Morgan fingerprint density at radius 2 is 2.04 bits per heavy atom. The average Bonchev–Trinajstić information content (AvgIpc) is 3.07. The van der Waals surface area contributed by atoms with Crippen molar-refractivity contribution in [1.82, 2.24) is 14.5 Å². The molecule has 7 heteroatoms. The van der Waals surface area contributed by atoms with Gasteiger partial charge in [-0.3, -0.25) is 4.57 Å². The second kappa shape index (κ2) is 6.48. The van der Waals surface area contributed by atoms with Crippen molar-refractivity contribution in [1.29, 1.82) is 0 Å². The van der Waals surface area contributed by atoms with E-state index in [1.165, 1.54) is 12.7 Å². The Kier molecular flexibility index (Phi) is 4.05. The van der Waals surface area contributed by atoms with E-state index in [0.717, 1.165) is 48.0 Å². The fourth-order valence-electron chi connectivity index (χ4n) is 4.77. The van der Waals surface area contributed by atoms with Gasteiger partial charge in [-0.25, -0.2) is 14.8 Å². The standard InChI is InChI=1S/C21H21ClN4O2/c1-2-28-20(27)15-13-8-4-5-9-14(13)26-17(15)21(10-6-3-7-11-21)25-16-18(22)23-12-24-19(16)26/h4-5,8-9,12,25H,2-3,6-7,10-11H2,1H3. The van der Waals surface area contributed by atoms with Gasteiger partial charge in [0.2, 0.25) is 0 Å². The number of anilines is 1. The predicted octanol–water partition coefficient (Wildman–Crippen LogP) is 4.84. The van der Waals surface area contributed by atoms with Crippen molar-refractivity contribution in [2.45, 2.75) is 44.6 Å². The molecule has 2 aromatic heterocycles. The highest BCUT2D eigenvalue weighted by Gasteiger charge is 2.46. The molecule has 0 amide bonds. The van der Waals surface area contributed by atoms with Crippen molar-refractivity contribution in [3.8, 4) is 5.82 Å². The van der Waals surface area contributed by atoms with Gasteiger partial charge < -0.3 is 10.1 Å². The third-order valence-electron chi connectivity index (χ3n) is 5.87. The summed E-state index contributed by atoms with van der Waals surface area (Å²) in [7, 11) is 0. The van der Waals surface area contributed by atoms with Crippen LogP contribution >= 0.6 is 11.6 Å². The highest BCUT2D eigenvalue weighted by atomic mass is 35.5. The number of aromatic nitrogens is 3. The number of carbonyl (C=O) groups is 1. The van der Waals surface area contributed by atoms with Gasteiger partial charge in [0.1, 0.15) is 12.0 Å². The molecule has 6 nitrogen and oxygen atoms in total. The Balaban J connectivity index is 1.91. The lowest BCUT2D eigenvalue weighted by Gasteiger charge is -2.43. The van der Waals surface area contributed by atoms with Crippen molar-refractivity contribution in [3.63, 3.8) is 0 Å². The van der Waals surface area contributed by atoms with Gasteiger partial charge >= 0.3 is 5.97 Å². The van der Waals surface area contributed by atoms with Crippen LogP contribution in [0.25, 0.3) is 16.7 Å². The summed E-state index contributed by atoms with van der Waals surface area (Å²) >= 11 is 6.46. The molecule has 1 spiro atoms. The first kappa shape index (κ1) is 17.5. The average molecular weight is 397 g/mol. The van der Waals surface area contributed by atoms with Crippen molar-refractivity contribution in [2.75, 3.05) is 11.9 Å². The van der Waals surface area contributed by atoms with E-state index in [0.29, 0.717) is 23.1 Å². The highest BCUT2D eigenvalue weighted by Crippen LogP contribution is 2.50. The first-order chi connectivity index (χ1) is 13.7. The molecule has 28 heavy (non-hydrogen) atoms. The SMILES string of the molecule is CCOC(=O)c1c2n(c3ccccc13)-c1ncnc(Cl)c1NC21CCCCC1. The highest BCUT2D eigenvalue weighted by molar-refractivity contribution is 6.32. The lowest BCUT2D eigenvalue weighted by molar-refractivity contribution is 0.0524. The minimum Gasteiger partial charge on any atom is -0.462 e. The fourth-order valence-corrected chi connectivity index (χ4v) is 4.95. The lowest BCUT2D eigenvalue weighted by Crippen LogP contribution is -2.43. The number of ether oxygens (including phenoxy) is 1. The molecule has 0 atom stereocenters. The van der Waals surface area contributed by atoms with E-state index in [1.807, 2.05) is 31.2 Å². The second-order valence-corrected chi connectivity index (χ2v) is 7.79. The predicted molar refractivity (Wildman–Crippen MR) is 108 cm³/mol. The van der Waals surface area contributed by atoms with Gasteiger partial charge in [0.15, 0.2) is 11.0 Å². The maximum atomic E-state index is 13.1. The van der Waals surface area contributed by atoms with E-state index in [-0.39, 0.29) is 11.5 Å². The van der Waals surface area contributed by atoms with E-state index >= 15 is 0 Å². The molecular weight excluding hydrogens is 376 g/mol. The number of hydrogen-bond acceptors (Lipinski definition) is 5. The Morgan fingerprint density at radius 3 is 2.82 bits per heavy atom. The number of nitrogens with zero attached hydrogens (tertiary/aromatic N) is 3. The largest absolute Gasteiger partial charge is 0.462 e. The molecule has 1 saturated carbocycles. The normalized spacial score (nSPS) is 17.1. The van der Waals surface area contributed by atoms with Crippen LogP contribution < -0.4 is 5.32 Å². The summed E-state index contributed by atoms with van der Waals surface area (Å²) in [6.07, 6.45) is 6.64. The van der Waals surface area contributed by atoms with Crippen LogP contribution in [0.4, 0.5) is 5.69 Å². The number of nitrogens with one attached hydrogen (secondary N) is 1. The van der Waals surface area contributed by atoms with Gasteiger partial charge in [-0.05, 0) is 25.8 Å². The monoisotopic (exact) mass is 396 g/mol. The van der Waals surface area contributed by atoms with Crippen LogP contribution in [-0.2, 0) is 10.3 Å². The van der Waals surface area contributed by atoms with Crippen LogP contribution in [-0.4, -0.2) is 27.1 Å². The van der Waals surface area contributed by atoms with E-state index in [9.17, 15) is 4.79 Å². The van der Waals surface area contributed by atoms with Crippen LogP contribution in [0.5, 0.6) is 0 Å². The third kappa shape index (κ3) is 2.37. The van der Waals surface area contributed by atoms with Crippen molar-refractivity contribution in [3.05, 3.63) is 47.0 Å². The number of hydrogen-bond donors (Lipinski definition) is 1. The molecule has 2 aliphatic rings. The molecular formula is C21H21ClN4O2. The van der Waals surface area contributed by atoms with Gasteiger partial charge in [-0.15, -0.1) is 0 Å². The van der Waals surface area contributed by atoms with Crippen molar-refractivity contribution < 1.29 is 9.53 Å². The van der Waals surface area contributed by atoms with Crippen LogP contribution in [0.2, 0.25) is 5.15 Å². The zero-order valence-corrected chi connectivity index (χ0v) is 16.4. The Morgan fingerprint density at radius 1 is 1.25 bits per heavy atom. The molecule has 0 saturated heterocycles. The smallest absolute Gasteiger partial charge is 0.340 e. The molecule has 1 aliphatic carbocycles. The zero-order valence-electron chi connectivity index (χ0n) is 15.7. The maximum absolute atomic E-state index is 13.1. The van der Waals surface area contributed by atoms with Crippen LogP contribution in [0.15, 0.2) is 30.6 Å². The molecule has 5 rings (SSSR count). The summed E-state index contributed by atoms with van der Waals surface area (Å²) in [5, 5.41) is 4.93. The van der Waals surface area contributed by atoms with Gasteiger partial charge in [-0.1, -0.05) is 49.1 Å². The van der Waals surface area contributed by atoms with Gasteiger partial charge in [-0.2, -0.15) is 0 Å². The number of carbonyl (C=O) groups excluding carboxylic acids is 1. The van der Waals surface area contributed by atoms with Crippen molar-refractivity contribution in [2.24, 2.45) is 0 Å². The Bertz CT molecular complexity index is 1090. The summed E-state index contributed by atoms with van der Waals surface area (Å²) in [6, 6.07) is 7.92. The summed E-state index contributed by atoms with van der Waals surface area (Å²) in [5.74, 6) is 0.390. The zero-order chi connectivity index (χ0) is 19.3. The maximum Gasteiger partial charge on any atom is 0.340 e. The van der Waals surface area contributed by atoms with E-state index in [1.54, 1.807) is 0 Å². The molecule has 1 aliphatic heterocycles.